The molecule has 2 saturated carbocycles. The normalized spacial score (nSPS) is 27.2. The Bertz CT molecular complexity index is 576. The molecule has 4 rings (SSSR count). The fraction of sp³-hybridized carbons (Fsp3) is 0.529. The van der Waals surface area contributed by atoms with E-state index in [2.05, 4.69) is 5.32 Å². The van der Waals surface area contributed by atoms with E-state index in [1.54, 1.807) is 0 Å². The summed E-state index contributed by atoms with van der Waals surface area (Å²) in [6.45, 7) is 0.893. The zero-order valence-electron chi connectivity index (χ0n) is 12.0. The van der Waals surface area contributed by atoms with E-state index >= 15 is 0 Å². The minimum atomic E-state index is -0.339. The van der Waals surface area contributed by atoms with Crippen molar-refractivity contribution in [3.63, 3.8) is 0 Å². The molecule has 2 aliphatic carbocycles. The maximum atomic E-state index is 12.5. The van der Waals surface area contributed by atoms with E-state index in [1.807, 2.05) is 30.3 Å². The molecular weight excluding hydrogens is 264 g/mol. The predicted octanol–water partition coefficient (Wildman–Crippen LogP) is 2.10. The molecule has 1 aromatic rings. The van der Waals surface area contributed by atoms with Crippen LogP contribution in [0.2, 0.25) is 0 Å². The Hall–Kier alpha value is -1.68. The number of hydrogen-bond donors (Lipinski definition) is 1. The first-order valence-electron chi connectivity index (χ1n) is 7.85. The Labute approximate surface area is 124 Å². The van der Waals surface area contributed by atoms with Gasteiger partial charge in [-0.1, -0.05) is 18.2 Å². The summed E-state index contributed by atoms with van der Waals surface area (Å²) in [7, 11) is 0. The lowest BCUT2D eigenvalue weighted by molar-refractivity contribution is -0.121. The molecule has 1 atom stereocenters. The van der Waals surface area contributed by atoms with E-state index in [9.17, 15) is 9.59 Å². The molecule has 1 heterocycles. The molecule has 1 unspecified atom stereocenters. The van der Waals surface area contributed by atoms with Gasteiger partial charge in [0, 0.05) is 6.54 Å². The van der Waals surface area contributed by atoms with Gasteiger partial charge in [-0.3, -0.25) is 9.59 Å². The number of carbonyl (C=O) groups is 2. The van der Waals surface area contributed by atoms with Crippen molar-refractivity contribution in [2.24, 2.45) is 11.3 Å². The van der Waals surface area contributed by atoms with Gasteiger partial charge in [-0.25, -0.2) is 4.90 Å². The number of hydrogen-bond acceptors (Lipinski definition) is 3. The molecule has 110 valence electrons. The van der Waals surface area contributed by atoms with Gasteiger partial charge >= 0.3 is 0 Å². The summed E-state index contributed by atoms with van der Waals surface area (Å²) in [5.74, 6) is 0.667. The lowest BCUT2D eigenvalue weighted by Crippen LogP contribution is -2.41. The first-order chi connectivity index (χ1) is 10.2. The van der Waals surface area contributed by atoms with Gasteiger partial charge in [0.1, 0.15) is 0 Å². The lowest BCUT2D eigenvalue weighted by Gasteiger charge is -2.19. The summed E-state index contributed by atoms with van der Waals surface area (Å²) in [4.78, 5) is 26.0. The number of rotatable bonds is 5. The van der Waals surface area contributed by atoms with Crippen LogP contribution in [-0.2, 0) is 9.59 Å². The van der Waals surface area contributed by atoms with Crippen LogP contribution < -0.4 is 10.2 Å². The molecule has 1 saturated heterocycles. The highest BCUT2D eigenvalue weighted by Crippen LogP contribution is 2.60. The van der Waals surface area contributed by atoms with Gasteiger partial charge in [-0.2, -0.15) is 0 Å². The zero-order valence-corrected chi connectivity index (χ0v) is 12.0. The van der Waals surface area contributed by atoms with Crippen LogP contribution in [0, 0.1) is 11.3 Å². The maximum Gasteiger partial charge on any atom is 0.251 e. The van der Waals surface area contributed by atoms with Gasteiger partial charge in [0.15, 0.2) is 0 Å². The Morgan fingerprint density at radius 2 is 1.86 bits per heavy atom. The van der Waals surface area contributed by atoms with Gasteiger partial charge < -0.3 is 5.32 Å². The van der Waals surface area contributed by atoms with Crippen LogP contribution >= 0.6 is 0 Å². The number of nitrogens with zero attached hydrogens (tertiary/aromatic N) is 1. The van der Waals surface area contributed by atoms with Gasteiger partial charge in [-0.05, 0) is 49.1 Å². The summed E-state index contributed by atoms with van der Waals surface area (Å²) in [5.41, 5.74) is 1.13. The second-order valence-electron chi connectivity index (χ2n) is 6.68. The van der Waals surface area contributed by atoms with E-state index in [-0.39, 0.29) is 24.3 Å². The summed E-state index contributed by atoms with van der Waals surface area (Å²) in [6.07, 6.45) is 5.53. The topological polar surface area (TPSA) is 49.4 Å². The van der Waals surface area contributed by atoms with Crippen LogP contribution in [0.4, 0.5) is 5.69 Å². The van der Waals surface area contributed by atoms with E-state index in [0.717, 1.165) is 12.5 Å². The van der Waals surface area contributed by atoms with Crippen molar-refractivity contribution in [3.8, 4) is 0 Å². The smallest absolute Gasteiger partial charge is 0.251 e. The SMILES string of the molecule is O=C1CC(NCC2(C3CC3)CC2)C(=O)N1c1ccccc1. The molecule has 4 nitrogen and oxygen atoms in total. The zero-order chi connectivity index (χ0) is 14.4. The standard InChI is InChI=1S/C17H20N2O2/c20-15-10-14(18-11-17(8-9-17)12-6-7-12)16(21)19(15)13-4-2-1-3-5-13/h1-5,12,14,18H,6-11H2. The van der Waals surface area contributed by atoms with Crippen LogP contribution in [0.25, 0.3) is 0 Å². The maximum absolute atomic E-state index is 12.5. The Morgan fingerprint density at radius 3 is 2.48 bits per heavy atom. The number of carbonyl (C=O) groups excluding carboxylic acids is 2. The molecule has 1 aromatic carbocycles. The number of imide groups is 1. The van der Waals surface area contributed by atoms with Crippen molar-refractivity contribution < 1.29 is 9.59 Å². The fourth-order valence-electron chi connectivity index (χ4n) is 3.55. The van der Waals surface area contributed by atoms with Crippen molar-refractivity contribution in [3.05, 3.63) is 30.3 Å². The average molecular weight is 284 g/mol. The summed E-state index contributed by atoms with van der Waals surface area (Å²) >= 11 is 0. The third kappa shape index (κ3) is 2.27. The van der Waals surface area contributed by atoms with E-state index < -0.39 is 0 Å². The molecule has 3 fully saturated rings. The van der Waals surface area contributed by atoms with Crippen LogP contribution in [0.15, 0.2) is 30.3 Å². The molecule has 0 spiro atoms. The van der Waals surface area contributed by atoms with Crippen molar-refractivity contribution in [1.29, 1.82) is 0 Å². The Kier molecular flexibility index (Phi) is 2.89. The number of anilines is 1. The monoisotopic (exact) mass is 284 g/mol. The Morgan fingerprint density at radius 1 is 1.14 bits per heavy atom. The van der Waals surface area contributed by atoms with Crippen molar-refractivity contribution in [2.75, 3.05) is 11.4 Å². The Balaban J connectivity index is 1.43. The highest BCUT2D eigenvalue weighted by Gasteiger charge is 2.54. The molecule has 0 radical (unpaired) electrons. The first kappa shape index (κ1) is 13.0. The van der Waals surface area contributed by atoms with Crippen LogP contribution in [-0.4, -0.2) is 24.4 Å². The average Bonchev–Trinajstić information content (AvgIpc) is 3.37. The highest BCUT2D eigenvalue weighted by atomic mass is 16.2. The molecule has 1 N–H and O–H groups in total. The molecule has 4 heteroatoms. The van der Waals surface area contributed by atoms with Crippen LogP contribution in [0.1, 0.15) is 32.1 Å². The van der Waals surface area contributed by atoms with Crippen molar-refractivity contribution in [2.45, 2.75) is 38.1 Å². The molecule has 0 aromatic heterocycles. The third-order valence-corrected chi connectivity index (χ3v) is 5.20. The second kappa shape index (κ2) is 4.67. The molecule has 3 aliphatic rings. The predicted molar refractivity (Wildman–Crippen MR) is 79.7 cm³/mol. The highest BCUT2D eigenvalue weighted by molar-refractivity contribution is 6.22. The van der Waals surface area contributed by atoms with E-state index in [0.29, 0.717) is 11.1 Å². The van der Waals surface area contributed by atoms with Gasteiger partial charge in [0.25, 0.3) is 5.91 Å². The minimum absolute atomic E-state index is 0.0973. The summed E-state index contributed by atoms with van der Waals surface area (Å²) < 4.78 is 0. The molecule has 1 aliphatic heterocycles. The van der Waals surface area contributed by atoms with Gasteiger partial charge in [0.05, 0.1) is 18.2 Å². The van der Waals surface area contributed by atoms with Gasteiger partial charge in [0.2, 0.25) is 5.91 Å². The molecule has 0 bridgehead atoms. The number of nitrogens with one attached hydrogen (secondary N) is 1. The van der Waals surface area contributed by atoms with Crippen LogP contribution in [0.3, 0.4) is 0 Å². The summed E-state index contributed by atoms with van der Waals surface area (Å²) in [6, 6.07) is 8.87. The fourth-order valence-corrected chi connectivity index (χ4v) is 3.55. The van der Waals surface area contributed by atoms with E-state index in [1.165, 1.54) is 30.6 Å². The van der Waals surface area contributed by atoms with Gasteiger partial charge in [-0.15, -0.1) is 0 Å². The molecule has 2 amide bonds. The van der Waals surface area contributed by atoms with Crippen molar-refractivity contribution >= 4 is 17.5 Å². The molecular formula is C17H20N2O2. The number of benzene rings is 1. The quantitative estimate of drug-likeness (QED) is 0.842. The largest absolute Gasteiger partial charge is 0.305 e. The minimum Gasteiger partial charge on any atom is -0.305 e. The number of amides is 2. The second-order valence-corrected chi connectivity index (χ2v) is 6.68. The number of para-hydroxylation sites is 1. The van der Waals surface area contributed by atoms with Crippen molar-refractivity contribution in [1.82, 2.24) is 5.32 Å². The van der Waals surface area contributed by atoms with E-state index in [4.69, 9.17) is 0 Å². The van der Waals surface area contributed by atoms with Crippen LogP contribution in [0.5, 0.6) is 0 Å². The molecule has 21 heavy (non-hydrogen) atoms. The summed E-state index contributed by atoms with van der Waals surface area (Å²) in [5, 5.41) is 3.37. The first-order valence-corrected chi connectivity index (χ1v) is 7.85. The lowest BCUT2D eigenvalue weighted by atomic mass is 10.0. The third-order valence-electron chi connectivity index (χ3n) is 5.20.